The zero-order valence-electron chi connectivity index (χ0n) is 14.3. The number of Topliss-reactive ketones (excluding diaryl/α,β-unsaturated/α-hetero) is 1. The molecule has 0 radical (unpaired) electrons. The summed E-state index contributed by atoms with van der Waals surface area (Å²) >= 11 is 1.46. The highest BCUT2D eigenvalue weighted by Crippen LogP contribution is 2.32. The van der Waals surface area contributed by atoms with Crippen LogP contribution >= 0.6 is 11.3 Å². The van der Waals surface area contributed by atoms with Crippen molar-refractivity contribution in [1.29, 1.82) is 0 Å². The molecule has 3 aliphatic rings. The van der Waals surface area contributed by atoms with Crippen LogP contribution in [0.3, 0.4) is 0 Å². The van der Waals surface area contributed by atoms with Crippen molar-refractivity contribution in [3.8, 4) is 10.4 Å². The summed E-state index contributed by atoms with van der Waals surface area (Å²) in [5, 5.41) is 3.23. The molecule has 0 aliphatic carbocycles. The van der Waals surface area contributed by atoms with Crippen LogP contribution in [0, 0.1) is 5.92 Å². The number of nitrogens with zero attached hydrogens (tertiary/aromatic N) is 1. The Morgan fingerprint density at radius 2 is 1.88 bits per heavy atom. The second kappa shape index (κ2) is 6.73. The van der Waals surface area contributed by atoms with Gasteiger partial charge in [-0.1, -0.05) is 24.3 Å². The fourth-order valence-electron chi connectivity index (χ4n) is 3.98. The molecular formula is C20H22N2O2S. The van der Waals surface area contributed by atoms with E-state index in [0.717, 1.165) is 17.0 Å². The van der Waals surface area contributed by atoms with E-state index in [0.29, 0.717) is 16.4 Å². The van der Waals surface area contributed by atoms with Crippen LogP contribution in [0.25, 0.3) is 10.4 Å². The molecular weight excluding hydrogens is 332 g/mol. The monoisotopic (exact) mass is 354 g/mol. The van der Waals surface area contributed by atoms with Crippen molar-refractivity contribution in [1.82, 2.24) is 10.2 Å². The van der Waals surface area contributed by atoms with Crippen molar-refractivity contribution in [2.45, 2.75) is 25.8 Å². The molecule has 5 rings (SSSR count). The first-order chi connectivity index (χ1) is 12.1. The molecule has 0 saturated carbocycles. The van der Waals surface area contributed by atoms with Crippen LogP contribution < -0.4 is 5.32 Å². The second-order valence-electron chi connectivity index (χ2n) is 6.98. The lowest BCUT2D eigenvalue weighted by Gasteiger charge is -2.44. The zero-order chi connectivity index (χ0) is 17.4. The summed E-state index contributed by atoms with van der Waals surface area (Å²) in [5.41, 5.74) is 1.61. The molecule has 3 aliphatic heterocycles. The van der Waals surface area contributed by atoms with Gasteiger partial charge in [0.05, 0.1) is 4.88 Å². The molecule has 5 heteroatoms. The van der Waals surface area contributed by atoms with Crippen molar-refractivity contribution >= 4 is 23.0 Å². The van der Waals surface area contributed by atoms with E-state index in [2.05, 4.69) is 10.2 Å². The largest absolute Gasteiger partial charge is 0.347 e. The van der Waals surface area contributed by atoms with Gasteiger partial charge in [-0.3, -0.25) is 9.59 Å². The molecule has 1 unspecified atom stereocenters. The molecule has 4 heterocycles. The average molecular weight is 354 g/mol. The minimum atomic E-state index is 0.00954. The van der Waals surface area contributed by atoms with Crippen LogP contribution in [0.15, 0.2) is 36.4 Å². The Labute approximate surface area is 151 Å². The van der Waals surface area contributed by atoms with E-state index < -0.39 is 0 Å². The van der Waals surface area contributed by atoms with Gasteiger partial charge >= 0.3 is 0 Å². The van der Waals surface area contributed by atoms with E-state index in [1.807, 2.05) is 36.4 Å². The minimum absolute atomic E-state index is 0.00954. The number of benzene rings is 1. The van der Waals surface area contributed by atoms with Crippen molar-refractivity contribution in [2.75, 3.05) is 19.6 Å². The molecule has 1 aromatic carbocycles. The highest BCUT2D eigenvalue weighted by atomic mass is 32.1. The fraction of sp³-hybridized carbons (Fsp3) is 0.400. The van der Waals surface area contributed by atoms with Crippen molar-refractivity contribution in [2.24, 2.45) is 5.92 Å². The molecule has 1 aromatic heterocycles. The van der Waals surface area contributed by atoms with Crippen molar-refractivity contribution < 1.29 is 9.59 Å². The van der Waals surface area contributed by atoms with Crippen molar-refractivity contribution in [3.05, 3.63) is 46.8 Å². The Bertz CT molecular complexity index is 806. The maximum absolute atomic E-state index is 12.7. The lowest BCUT2D eigenvalue weighted by molar-refractivity contribution is 0.0622. The van der Waals surface area contributed by atoms with Gasteiger partial charge in [0, 0.05) is 28.6 Å². The molecule has 2 bridgehead atoms. The molecule has 130 valence electrons. The maximum Gasteiger partial charge on any atom is 0.261 e. The normalized spacial score (nSPS) is 24.9. The van der Waals surface area contributed by atoms with E-state index in [-0.39, 0.29) is 17.7 Å². The topological polar surface area (TPSA) is 49.4 Å². The summed E-state index contributed by atoms with van der Waals surface area (Å²) in [6.07, 6.45) is 2.37. The highest BCUT2D eigenvalue weighted by Gasteiger charge is 2.35. The van der Waals surface area contributed by atoms with Crippen molar-refractivity contribution in [3.63, 3.8) is 0 Å². The minimum Gasteiger partial charge on any atom is -0.347 e. The SMILES string of the molecule is CC(=O)c1ccccc1-c1ccc(C(=O)NC2CN3CCC2CC3)s1. The Morgan fingerprint density at radius 3 is 2.56 bits per heavy atom. The lowest BCUT2D eigenvalue weighted by Crippen LogP contribution is -2.57. The first kappa shape index (κ1) is 16.5. The number of hydrogen-bond acceptors (Lipinski definition) is 4. The van der Waals surface area contributed by atoms with Gasteiger partial charge < -0.3 is 10.2 Å². The van der Waals surface area contributed by atoms with E-state index in [9.17, 15) is 9.59 Å². The smallest absolute Gasteiger partial charge is 0.261 e. The first-order valence-corrected chi connectivity index (χ1v) is 9.67. The van der Waals surface area contributed by atoms with Crippen LogP contribution in [0.2, 0.25) is 0 Å². The summed E-state index contributed by atoms with van der Waals surface area (Å²) in [6.45, 7) is 4.89. The number of carbonyl (C=O) groups excluding carboxylic acids is 2. The number of nitrogens with one attached hydrogen (secondary N) is 1. The number of thiophene rings is 1. The second-order valence-corrected chi connectivity index (χ2v) is 8.07. The molecule has 1 N–H and O–H groups in total. The number of rotatable bonds is 4. The fourth-order valence-corrected chi connectivity index (χ4v) is 4.93. The quantitative estimate of drug-likeness (QED) is 0.856. The van der Waals surface area contributed by atoms with Crippen LogP contribution in [-0.4, -0.2) is 42.3 Å². The predicted octanol–water partition coefficient (Wildman–Crippen LogP) is 3.44. The molecule has 2 aromatic rings. The summed E-state index contributed by atoms with van der Waals surface area (Å²) in [4.78, 5) is 28.6. The lowest BCUT2D eigenvalue weighted by atomic mass is 9.84. The number of fused-ring (bicyclic) bond motifs is 3. The average Bonchev–Trinajstić information content (AvgIpc) is 3.13. The van der Waals surface area contributed by atoms with E-state index in [1.54, 1.807) is 6.92 Å². The van der Waals surface area contributed by atoms with Gasteiger partial charge in [0.1, 0.15) is 0 Å². The number of carbonyl (C=O) groups is 2. The predicted molar refractivity (Wildman–Crippen MR) is 100 cm³/mol. The molecule has 3 saturated heterocycles. The molecule has 4 nitrogen and oxygen atoms in total. The molecule has 0 spiro atoms. The summed E-state index contributed by atoms with van der Waals surface area (Å²) in [7, 11) is 0. The van der Waals surface area contributed by atoms with Gasteiger partial charge in [-0.25, -0.2) is 0 Å². The van der Waals surface area contributed by atoms with Gasteiger partial charge in [-0.2, -0.15) is 0 Å². The molecule has 1 atom stereocenters. The van der Waals surface area contributed by atoms with E-state index >= 15 is 0 Å². The Balaban J connectivity index is 1.51. The Morgan fingerprint density at radius 1 is 1.12 bits per heavy atom. The van der Waals surface area contributed by atoms with E-state index in [1.165, 1.54) is 37.3 Å². The van der Waals surface area contributed by atoms with Gasteiger partial charge in [0.25, 0.3) is 5.91 Å². The third-order valence-corrected chi connectivity index (χ3v) is 6.49. The zero-order valence-corrected chi connectivity index (χ0v) is 15.1. The number of amides is 1. The van der Waals surface area contributed by atoms with Crippen LogP contribution in [-0.2, 0) is 0 Å². The third kappa shape index (κ3) is 3.26. The van der Waals surface area contributed by atoms with Crippen LogP contribution in [0.1, 0.15) is 39.8 Å². The van der Waals surface area contributed by atoms with Gasteiger partial charge in [0.2, 0.25) is 0 Å². The van der Waals surface area contributed by atoms with Crippen LogP contribution in [0.4, 0.5) is 0 Å². The molecule has 25 heavy (non-hydrogen) atoms. The summed E-state index contributed by atoms with van der Waals surface area (Å²) < 4.78 is 0. The van der Waals surface area contributed by atoms with Crippen LogP contribution in [0.5, 0.6) is 0 Å². The van der Waals surface area contributed by atoms with Gasteiger partial charge in [-0.15, -0.1) is 11.3 Å². The molecule has 1 amide bonds. The van der Waals surface area contributed by atoms with Gasteiger partial charge in [-0.05, 0) is 50.9 Å². The Hall–Kier alpha value is -1.98. The standard InChI is InChI=1S/C20H22N2O2S/c1-13(23)15-4-2-3-5-16(15)18-6-7-19(25-18)20(24)21-17-12-22-10-8-14(17)9-11-22/h2-7,14,17H,8-12H2,1H3,(H,21,24). The summed E-state index contributed by atoms with van der Waals surface area (Å²) in [5.74, 6) is 0.671. The van der Waals surface area contributed by atoms with E-state index in [4.69, 9.17) is 0 Å². The number of piperidine rings is 3. The van der Waals surface area contributed by atoms with Gasteiger partial charge in [0.15, 0.2) is 5.78 Å². The summed E-state index contributed by atoms with van der Waals surface area (Å²) in [6, 6.07) is 11.7. The molecule has 3 fully saturated rings. The highest BCUT2D eigenvalue weighted by molar-refractivity contribution is 7.17. The third-order valence-electron chi connectivity index (χ3n) is 5.37. The number of ketones is 1. The number of hydrogen-bond donors (Lipinski definition) is 1. The first-order valence-electron chi connectivity index (χ1n) is 8.85. The maximum atomic E-state index is 12.7. The Kier molecular flexibility index (Phi) is 4.44.